The van der Waals surface area contributed by atoms with Crippen LogP contribution in [-0.4, -0.2) is 19.7 Å². The molecule has 3 heterocycles. The molecule has 0 spiro atoms. The predicted octanol–water partition coefficient (Wildman–Crippen LogP) is 1.42. The first-order valence-electron chi connectivity index (χ1n) is 6.08. The van der Waals surface area contributed by atoms with Crippen molar-refractivity contribution in [3.05, 3.63) is 53.2 Å². The number of aryl methyl sites for hydroxylation is 1. The minimum Gasteiger partial charge on any atom is -0.382 e. The molecular weight excluding hydrogens is 254 g/mol. The summed E-state index contributed by atoms with van der Waals surface area (Å²) in [6, 6.07) is 7.12. The molecule has 3 aromatic heterocycles. The lowest BCUT2D eigenvalue weighted by atomic mass is 10.0. The largest absolute Gasteiger partial charge is 0.382 e. The van der Waals surface area contributed by atoms with Gasteiger partial charge in [-0.3, -0.25) is 14.9 Å². The van der Waals surface area contributed by atoms with Crippen LogP contribution in [0.3, 0.4) is 0 Å². The number of aromatic amines is 1. The lowest BCUT2D eigenvalue weighted by Crippen LogP contribution is -2.14. The van der Waals surface area contributed by atoms with Crippen LogP contribution in [0.1, 0.15) is 0 Å². The van der Waals surface area contributed by atoms with Crippen LogP contribution in [0.15, 0.2) is 47.7 Å². The molecule has 3 N–H and O–H groups in total. The molecular formula is C14H13N5O. The minimum atomic E-state index is -0.0900. The number of nitrogens with one attached hydrogen (secondary N) is 1. The summed E-state index contributed by atoms with van der Waals surface area (Å²) >= 11 is 0. The zero-order valence-electron chi connectivity index (χ0n) is 10.9. The lowest BCUT2D eigenvalue weighted by molar-refractivity contribution is 0.861. The van der Waals surface area contributed by atoms with Crippen molar-refractivity contribution >= 4 is 5.82 Å². The van der Waals surface area contributed by atoms with E-state index in [9.17, 15) is 4.79 Å². The van der Waals surface area contributed by atoms with Crippen molar-refractivity contribution in [2.75, 3.05) is 5.73 Å². The fourth-order valence-corrected chi connectivity index (χ4v) is 2.07. The van der Waals surface area contributed by atoms with Crippen molar-refractivity contribution in [3.63, 3.8) is 0 Å². The summed E-state index contributed by atoms with van der Waals surface area (Å²) in [5.41, 5.74) is 8.91. The van der Waals surface area contributed by atoms with E-state index in [1.807, 2.05) is 18.2 Å². The van der Waals surface area contributed by atoms with Crippen LogP contribution in [0.5, 0.6) is 0 Å². The van der Waals surface area contributed by atoms with E-state index < -0.39 is 0 Å². The van der Waals surface area contributed by atoms with Crippen LogP contribution in [-0.2, 0) is 7.05 Å². The molecule has 20 heavy (non-hydrogen) atoms. The van der Waals surface area contributed by atoms with Gasteiger partial charge >= 0.3 is 0 Å². The van der Waals surface area contributed by atoms with Gasteiger partial charge in [0.05, 0.1) is 11.3 Å². The van der Waals surface area contributed by atoms with Crippen molar-refractivity contribution in [2.45, 2.75) is 0 Å². The molecule has 100 valence electrons. The van der Waals surface area contributed by atoms with Gasteiger partial charge in [0.1, 0.15) is 0 Å². The summed E-state index contributed by atoms with van der Waals surface area (Å²) in [5.74, 6) is 0.383. The number of nitrogens with zero attached hydrogens (tertiary/aromatic N) is 3. The summed E-state index contributed by atoms with van der Waals surface area (Å²) in [6.07, 6.45) is 5.12. The Labute approximate surface area is 114 Å². The molecule has 6 nitrogen and oxygen atoms in total. The van der Waals surface area contributed by atoms with Gasteiger partial charge in [-0.1, -0.05) is 6.07 Å². The van der Waals surface area contributed by atoms with E-state index in [-0.39, 0.29) is 5.56 Å². The molecule has 0 aliphatic rings. The van der Waals surface area contributed by atoms with Gasteiger partial charge in [0.15, 0.2) is 5.82 Å². The summed E-state index contributed by atoms with van der Waals surface area (Å²) in [4.78, 5) is 15.8. The van der Waals surface area contributed by atoms with Crippen molar-refractivity contribution in [2.24, 2.45) is 7.05 Å². The molecule has 3 aromatic rings. The number of anilines is 1. The number of nitrogens with two attached hydrogens (primary N) is 1. The first kappa shape index (κ1) is 12.2. The lowest BCUT2D eigenvalue weighted by Gasteiger charge is -2.05. The van der Waals surface area contributed by atoms with E-state index in [2.05, 4.69) is 15.2 Å². The molecule has 0 amide bonds. The second kappa shape index (κ2) is 4.65. The van der Waals surface area contributed by atoms with E-state index in [1.165, 1.54) is 4.57 Å². The highest BCUT2D eigenvalue weighted by atomic mass is 16.1. The van der Waals surface area contributed by atoms with Crippen molar-refractivity contribution < 1.29 is 0 Å². The van der Waals surface area contributed by atoms with Gasteiger partial charge in [-0.25, -0.2) is 0 Å². The molecule has 0 radical (unpaired) electrons. The minimum absolute atomic E-state index is 0.0900. The Bertz CT molecular complexity index is 804. The van der Waals surface area contributed by atoms with Gasteiger partial charge in [-0.15, -0.1) is 0 Å². The molecule has 6 heteroatoms. The maximum atomic E-state index is 11.8. The quantitative estimate of drug-likeness (QED) is 0.734. The fraction of sp³-hybridized carbons (Fsp3) is 0.0714. The number of nitrogen functional groups attached to an aromatic ring is 1. The number of rotatable bonds is 2. The van der Waals surface area contributed by atoms with Gasteiger partial charge in [0, 0.05) is 42.8 Å². The van der Waals surface area contributed by atoms with Crippen molar-refractivity contribution in [1.29, 1.82) is 0 Å². The molecule has 3 rings (SSSR count). The van der Waals surface area contributed by atoms with Crippen LogP contribution in [0.25, 0.3) is 22.4 Å². The summed E-state index contributed by atoms with van der Waals surface area (Å²) in [5, 5.41) is 6.92. The highest BCUT2D eigenvalue weighted by Gasteiger charge is 2.15. The molecule has 0 aliphatic carbocycles. The Hall–Kier alpha value is -2.89. The monoisotopic (exact) mass is 267 g/mol. The second-order valence-electron chi connectivity index (χ2n) is 4.47. The Kier molecular flexibility index (Phi) is 2.83. The van der Waals surface area contributed by atoms with E-state index >= 15 is 0 Å². The number of hydrogen-bond acceptors (Lipinski definition) is 4. The average Bonchev–Trinajstić information content (AvgIpc) is 2.85. The number of H-pyrrole nitrogens is 1. The fourth-order valence-electron chi connectivity index (χ4n) is 2.07. The zero-order chi connectivity index (χ0) is 14.1. The first-order chi connectivity index (χ1) is 9.66. The third kappa shape index (κ3) is 1.97. The van der Waals surface area contributed by atoms with Gasteiger partial charge in [-0.05, 0) is 12.1 Å². The Balaban J connectivity index is 2.21. The average molecular weight is 267 g/mol. The van der Waals surface area contributed by atoms with E-state index in [0.717, 1.165) is 16.7 Å². The third-order valence-corrected chi connectivity index (χ3v) is 3.14. The Morgan fingerprint density at radius 2 is 2.15 bits per heavy atom. The van der Waals surface area contributed by atoms with Crippen LogP contribution in [0, 0.1) is 0 Å². The molecule has 0 atom stereocenters. The maximum Gasteiger partial charge on any atom is 0.250 e. The molecule has 0 aromatic carbocycles. The van der Waals surface area contributed by atoms with Gasteiger partial charge in [0.2, 0.25) is 0 Å². The molecule has 0 saturated heterocycles. The SMILES string of the molecule is Cn1ccc(-c2[nH]nc(N)c2-c2cccnc2)cc1=O. The summed E-state index contributed by atoms with van der Waals surface area (Å²) in [6.45, 7) is 0. The topological polar surface area (TPSA) is 89.6 Å². The van der Waals surface area contributed by atoms with Crippen LogP contribution in [0.4, 0.5) is 5.82 Å². The van der Waals surface area contributed by atoms with Gasteiger partial charge < -0.3 is 10.3 Å². The smallest absolute Gasteiger partial charge is 0.250 e. The highest BCUT2D eigenvalue weighted by molar-refractivity contribution is 5.87. The number of hydrogen-bond donors (Lipinski definition) is 2. The Morgan fingerprint density at radius 1 is 1.30 bits per heavy atom. The molecule has 0 bridgehead atoms. The molecule has 0 saturated carbocycles. The molecule has 0 fully saturated rings. The number of pyridine rings is 2. The zero-order valence-corrected chi connectivity index (χ0v) is 10.9. The van der Waals surface area contributed by atoms with Gasteiger partial charge in [-0.2, -0.15) is 5.10 Å². The van der Waals surface area contributed by atoms with E-state index in [4.69, 9.17) is 5.73 Å². The van der Waals surface area contributed by atoms with Crippen LogP contribution in [0.2, 0.25) is 0 Å². The van der Waals surface area contributed by atoms with Crippen LogP contribution < -0.4 is 11.3 Å². The van der Waals surface area contributed by atoms with Crippen LogP contribution >= 0.6 is 0 Å². The van der Waals surface area contributed by atoms with E-state index in [0.29, 0.717) is 11.5 Å². The normalized spacial score (nSPS) is 10.7. The second-order valence-corrected chi connectivity index (χ2v) is 4.47. The maximum absolute atomic E-state index is 11.8. The number of aromatic nitrogens is 4. The molecule has 0 unspecified atom stereocenters. The van der Waals surface area contributed by atoms with Crippen molar-refractivity contribution in [1.82, 2.24) is 19.7 Å². The predicted molar refractivity (Wildman–Crippen MR) is 76.9 cm³/mol. The Morgan fingerprint density at radius 3 is 2.85 bits per heavy atom. The van der Waals surface area contributed by atoms with E-state index in [1.54, 1.807) is 31.7 Å². The van der Waals surface area contributed by atoms with Gasteiger partial charge in [0.25, 0.3) is 5.56 Å². The highest BCUT2D eigenvalue weighted by Crippen LogP contribution is 2.33. The first-order valence-corrected chi connectivity index (χ1v) is 6.08. The molecule has 0 aliphatic heterocycles. The summed E-state index contributed by atoms with van der Waals surface area (Å²) < 4.78 is 1.51. The third-order valence-electron chi connectivity index (χ3n) is 3.14. The standard InChI is InChI=1S/C14H13N5O/c1-19-6-4-9(7-11(19)20)13-12(14(15)18-17-13)10-3-2-5-16-8-10/h2-8H,1H3,(H3,15,17,18). The summed E-state index contributed by atoms with van der Waals surface area (Å²) in [7, 11) is 1.70. The van der Waals surface area contributed by atoms with Crippen molar-refractivity contribution in [3.8, 4) is 22.4 Å².